The van der Waals surface area contributed by atoms with Crippen molar-refractivity contribution in [1.82, 2.24) is 0 Å². The number of rotatable bonds is 7. The smallest absolute Gasteiger partial charge is 0.0693 e. The third-order valence-corrected chi connectivity index (χ3v) is 2.32. The molecule has 0 N–H and O–H groups in total. The van der Waals surface area contributed by atoms with Gasteiger partial charge in [0.1, 0.15) is 0 Å². The fourth-order valence-corrected chi connectivity index (χ4v) is 1.28. The lowest BCUT2D eigenvalue weighted by atomic mass is 10.1. The average Bonchev–Trinajstić information content (AvgIpc) is 2.13. The molecule has 0 aliphatic rings. The Kier molecular flexibility index (Phi) is 9.85. The van der Waals surface area contributed by atoms with E-state index in [0.717, 1.165) is 12.8 Å². The fraction of sp³-hybridized carbons (Fsp3) is 0.714. The first-order chi connectivity index (χ1) is 6.31. The summed E-state index contributed by atoms with van der Waals surface area (Å²) in [7, 11) is 3.00. The van der Waals surface area contributed by atoms with Crippen molar-refractivity contribution < 1.29 is 4.52 Å². The number of azide groups is 1. The van der Waals surface area contributed by atoms with Gasteiger partial charge >= 0.3 is 0 Å². The van der Waals surface area contributed by atoms with Crippen molar-refractivity contribution in [2.45, 2.75) is 19.8 Å². The Hall–Kier alpha value is -0.130. The lowest BCUT2D eigenvalue weighted by Crippen LogP contribution is -1.85. The van der Waals surface area contributed by atoms with Crippen LogP contribution in [0, 0.1) is 0 Å². The highest BCUT2D eigenvalue weighted by molar-refractivity contribution is 8.00. The molecule has 6 heteroatoms. The van der Waals surface area contributed by atoms with Crippen LogP contribution in [0.15, 0.2) is 16.8 Å². The molecule has 0 heterocycles. The van der Waals surface area contributed by atoms with Crippen molar-refractivity contribution in [1.29, 1.82) is 0 Å². The molecule has 2 unspecified atom stereocenters. The van der Waals surface area contributed by atoms with Crippen LogP contribution in [-0.2, 0) is 4.52 Å². The largest absolute Gasteiger partial charge is 0.354 e. The van der Waals surface area contributed by atoms with Crippen LogP contribution in [0.4, 0.5) is 0 Å². The Balaban J connectivity index is 3.42. The SMILES string of the molecule is CC(=CCOPP)CCCN=[N+]=[N-]. The molecule has 0 aromatic rings. The van der Waals surface area contributed by atoms with Gasteiger partial charge in [0, 0.05) is 20.0 Å². The van der Waals surface area contributed by atoms with Crippen LogP contribution in [0.2, 0.25) is 0 Å². The molecule has 0 saturated carbocycles. The van der Waals surface area contributed by atoms with Crippen LogP contribution in [0.5, 0.6) is 0 Å². The summed E-state index contributed by atoms with van der Waals surface area (Å²) in [4.78, 5) is 2.69. The summed E-state index contributed by atoms with van der Waals surface area (Å²) in [5, 5.41) is 3.46. The Morgan fingerprint density at radius 3 is 3.15 bits per heavy atom. The molecule has 0 radical (unpaired) electrons. The van der Waals surface area contributed by atoms with Crippen LogP contribution < -0.4 is 0 Å². The summed E-state index contributed by atoms with van der Waals surface area (Å²) >= 11 is 0. The van der Waals surface area contributed by atoms with E-state index in [1.807, 2.05) is 0 Å². The van der Waals surface area contributed by atoms with Gasteiger partial charge < -0.3 is 4.52 Å². The molecule has 0 fully saturated rings. The maximum Gasteiger partial charge on any atom is 0.0693 e. The van der Waals surface area contributed by atoms with Crippen molar-refractivity contribution in [3.05, 3.63) is 22.1 Å². The third kappa shape index (κ3) is 9.79. The van der Waals surface area contributed by atoms with E-state index in [9.17, 15) is 0 Å². The minimum absolute atomic E-state index is 0.465. The van der Waals surface area contributed by atoms with Gasteiger partial charge in [-0.3, -0.25) is 0 Å². The van der Waals surface area contributed by atoms with Gasteiger partial charge in [-0.15, -0.1) is 0 Å². The van der Waals surface area contributed by atoms with E-state index < -0.39 is 0 Å². The predicted molar refractivity (Wildman–Crippen MR) is 61.0 cm³/mol. The molecular formula is C7H15N3OP2. The van der Waals surface area contributed by atoms with Gasteiger partial charge in [-0.05, 0) is 25.3 Å². The van der Waals surface area contributed by atoms with Gasteiger partial charge in [0.05, 0.1) is 6.61 Å². The van der Waals surface area contributed by atoms with Crippen molar-refractivity contribution in [3.8, 4) is 0 Å². The van der Waals surface area contributed by atoms with E-state index in [0.29, 0.717) is 21.6 Å². The van der Waals surface area contributed by atoms with E-state index in [1.165, 1.54) is 5.57 Å². The van der Waals surface area contributed by atoms with Crippen LogP contribution in [0.25, 0.3) is 10.4 Å². The van der Waals surface area contributed by atoms with Gasteiger partial charge in [0.25, 0.3) is 0 Å². The molecule has 0 bridgehead atoms. The van der Waals surface area contributed by atoms with Crippen molar-refractivity contribution in [2.75, 3.05) is 13.2 Å². The van der Waals surface area contributed by atoms with E-state index in [2.05, 4.69) is 32.0 Å². The normalized spacial score (nSPS) is 12.0. The molecule has 4 nitrogen and oxygen atoms in total. The first-order valence-corrected chi connectivity index (χ1v) is 6.77. The molecule has 0 spiro atoms. The molecule has 13 heavy (non-hydrogen) atoms. The summed E-state index contributed by atoms with van der Waals surface area (Å²) in [6, 6.07) is 0. The maximum absolute atomic E-state index is 8.03. The zero-order valence-corrected chi connectivity index (χ0v) is 9.89. The van der Waals surface area contributed by atoms with E-state index in [4.69, 9.17) is 10.1 Å². The topological polar surface area (TPSA) is 58.0 Å². The molecule has 0 aromatic carbocycles. The molecule has 0 saturated heterocycles. The second-order valence-corrected chi connectivity index (χ2v) is 3.77. The standard InChI is InChI=1S/C7H15N3OP2/c1-7(4-6-11-13-12)3-2-5-9-10-8/h4,13H,2-3,5-6,12H2,1H3. The third-order valence-electron chi connectivity index (χ3n) is 1.49. The van der Waals surface area contributed by atoms with Crippen molar-refractivity contribution in [3.63, 3.8) is 0 Å². The second kappa shape index (κ2) is 9.95. The van der Waals surface area contributed by atoms with Crippen LogP contribution >= 0.6 is 17.4 Å². The molecular weight excluding hydrogens is 204 g/mol. The highest BCUT2D eigenvalue weighted by atomic mass is 32.0. The Morgan fingerprint density at radius 1 is 1.77 bits per heavy atom. The van der Waals surface area contributed by atoms with Gasteiger partial charge in [-0.1, -0.05) is 25.7 Å². The van der Waals surface area contributed by atoms with Gasteiger partial charge in [0.2, 0.25) is 0 Å². The summed E-state index contributed by atoms with van der Waals surface area (Å²) in [6.45, 7) is 3.31. The van der Waals surface area contributed by atoms with Gasteiger partial charge in [0.15, 0.2) is 0 Å². The lowest BCUT2D eigenvalue weighted by Gasteiger charge is -1.99. The number of allylic oxidation sites excluding steroid dienone is 1. The molecule has 0 aromatic heterocycles. The van der Waals surface area contributed by atoms with Crippen LogP contribution in [-0.4, -0.2) is 13.2 Å². The zero-order chi connectivity index (χ0) is 9.94. The highest BCUT2D eigenvalue weighted by Gasteiger charge is 1.89. The van der Waals surface area contributed by atoms with Crippen molar-refractivity contribution >= 4 is 17.4 Å². The van der Waals surface area contributed by atoms with Gasteiger partial charge in [-0.25, -0.2) is 0 Å². The fourth-order valence-electron chi connectivity index (χ4n) is 0.807. The summed E-state index contributed by atoms with van der Waals surface area (Å²) in [5.74, 6) is 0. The predicted octanol–water partition coefficient (Wildman–Crippen LogP) is 3.42. The van der Waals surface area contributed by atoms with Gasteiger partial charge in [-0.2, -0.15) is 0 Å². The quantitative estimate of drug-likeness (QED) is 0.161. The number of nitrogens with zero attached hydrogens (tertiary/aromatic N) is 3. The Morgan fingerprint density at radius 2 is 2.54 bits per heavy atom. The zero-order valence-electron chi connectivity index (χ0n) is 7.73. The second-order valence-electron chi connectivity index (χ2n) is 2.54. The Labute approximate surface area is 82.7 Å². The van der Waals surface area contributed by atoms with E-state index in [-0.39, 0.29) is 0 Å². The maximum atomic E-state index is 8.03. The molecule has 0 amide bonds. The number of hydrogen-bond donors (Lipinski definition) is 0. The lowest BCUT2D eigenvalue weighted by molar-refractivity contribution is 0.422. The van der Waals surface area contributed by atoms with Crippen molar-refractivity contribution in [2.24, 2.45) is 5.11 Å². The minimum atomic E-state index is 0.465. The first kappa shape index (κ1) is 12.9. The monoisotopic (exact) mass is 219 g/mol. The first-order valence-electron chi connectivity index (χ1n) is 4.05. The molecule has 74 valence electrons. The summed E-state index contributed by atoms with van der Waals surface area (Å²) in [6.07, 6.45) is 3.95. The highest BCUT2D eigenvalue weighted by Crippen LogP contribution is 2.20. The minimum Gasteiger partial charge on any atom is -0.354 e. The van der Waals surface area contributed by atoms with Crippen LogP contribution in [0.3, 0.4) is 0 Å². The molecule has 0 aliphatic heterocycles. The number of hydrogen-bond acceptors (Lipinski definition) is 2. The summed E-state index contributed by atoms with van der Waals surface area (Å²) < 4.78 is 5.16. The summed E-state index contributed by atoms with van der Waals surface area (Å²) in [5.41, 5.74) is 9.32. The molecule has 0 aliphatic carbocycles. The molecule has 0 rings (SSSR count). The Bertz CT molecular complexity index is 202. The average molecular weight is 219 g/mol. The van der Waals surface area contributed by atoms with Crippen LogP contribution in [0.1, 0.15) is 19.8 Å². The molecule has 2 atom stereocenters. The van der Waals surface area contributed by atoms with E-state index >= 15 is 0 Å². The van der Waals surface area contributed by atoms with E-state index in [1.54, 1.807) is 0 Å².